The van der Waals surface area contributed by atoms with Crippen LogP contribution in [0.4, 0.5) is 5.69 Å². The van der Waals surface area contributed by atoms with Crippen molar-refractivity contribution in [3.05, 3.63) is 73.2 Å². The summed E-state index contributed by atoms with van der Waals surface area (Å²) in [5, 5.41) is 3.79. The van der Waals surface area contributed by atoms with E-state index in [0.717, 1.165) is 27.6 Å². The van der Waals surface area contributed by atoms with Crippen LogP contribution >= 0.6 is 0 Å². The summed E-state index contributed by atoms with van der Waals surface area (Å²) in [5.74, 6) is 0.00153. The molecule has 0 saturated heterocycles. The second kappa shape index (κ2) is 12.1. The maximum atomic E-state index is 12.5. The van der Waals surface area contributed by atoms with Gasteiger partial charge in [-0.3, -0.25) is 14.2 Å². The van der Waals surface area contributed by atoms with Crippen molar-refractivity contribution in [2.75, 3.05) is 33.1 Å². The molecule has 40 heavy (non-hydrogen) atoms. The third-order valence-corrected chi connectivity index (χ3v) is 6.12. The van der Waals surface area contributed by atoms with Gasteiger partial charge in [0, 0.05) is 59.5 Å². The molecular weight excluding hydrogens is 506 g/mol. The molecule has 3 heterocycles. The zero-order valence-electron chi connectivity index (χ0n) is 23.8. The van der Waals surface area contributed by atoms with Crippen LogP contribution in [-0.2, 0) is 21.1 Å². The van der Waals surface area contributed by atoms with Crippen LogP contribution in [0.5, 0.6) is 5.88 Å². The zero-order chi connectivity index (χ0) is 28.9. The number of carbonyl (C=O) groups is 2. The van der Waals surface area contributed by atoms with E-state index in [-0.39, 0.29) is 18.6 Å². The molecule has 0 spiro atoms. The van der Waals surface area contributed by atoms with Gasteiger partial charge in [0.1, 0.15) is 5.65 Å². The number of benzene rings is 1. The molecule has 0 bridgehead atoms. The number of fused-ring (bicyclic) bond motifs is 1. The van der Waals surface area contributed by atoms with Crippen LogP contribution in [0.1, 0.15) is 20.8 Å². The van der Waals surface area contributed by atoms with Gasteiger partial charge in [-0.05, 0) is 70.3 Å². The zero-order valence-corrected chi connectivity index (χ0v) is 23.8. The molecular formula is C31H35N5O4. The number of hydrogen-bond acceptors (Lipinski definition) is 7. The average Bonchev–Trinajstić information content (AvgIpc) is 3.29. The monoisotopic (exact) mass is 541 g/mol. The summed E-state index contributed by atoms with van der Waals surface area (Å²) in [6.07, 6.45) is 8.73. The molecule has 0 radical (unpaired) electrons. The van der Waals surface area contributed by atoms with Gasteiger partial charge < -0.3 is 19.7 Å². The average molecular weight is 542 g/mol. The number of hydrogen-bond donors (Lipinski definition) is 1. The Labute approximate surface area is 234 Å². The summed E-state index contributed by atoms with van der Waals surface area (Å²) in [7, 11) is 5.46. The number of pyridine rings is 2. The summed E-state index contributed by atoms with van der Waals surface area (Å²) in [6.45, 7) is 6.17. The number of methoxy groups -OCH3 is 1. The Morgan fingerprint density at radius 1 is 1.05 bits per heavy atom. The Morgan fingerprint density at radius 3 is 2.58 bits per heavy atom. The molecule has 0 unspecified atom stereocenters. The smallest absolute Gasteiger partial charge is 0.312 e. The third-order valence-electron chi connectivity index (χ3n) is 6.12. The van der Waals surface area contributed by atoms with Gasteiger partial charge in [-0.2, -0.15) is 0 Å². The Balaban J connectivity index is 1.70. The summed E-state index contributed by atoms with van der Waals surface area (Å²) < 4.78 is 12.8. The van der Waals surface area contributed by atoms with Gasteiger partial charge >= 0.3 is 5.97 Å². The quantitative estimate of drug-likeness (QED) is 0.224. The van der Waals surface area contributed by atoms with Crippen molar-refractivity contribution in [2.24, 2.45) is 5.41 Å². The van der Waals surface area contributed by atoms with Gasteiger partial charge in [-0.25, -0.2) is 9.97 Å². The number of nitrogens with one attached hydrogen (secondary N) is 1. The molecule has 0 aliphatic heterocycles. The predicted octanol–water partition coefficient (Wildman–Crippen LogP) is 5.38. The van der Waals surface area contributed by atoms with Crippen molar-refractivity contribution in [3.63, 3.8) is 0 Å². The lowest BCUT2D eigenvalue weighted by Crippen LogP contribution is -2.23. The number of amides is 1. The van der Waals surface area contributed by atoms with Crippen LogP contribution in [0.2, 0.25) is 0 Å². The Morgan fingerprint density at radius 2 is 1.85 bits per heavy atom. The van der Waals surface area contributed by atoms with Crippen LogP contribution in [0.15, 0.2) is 73.2 Å². The first kappa shape index (κ1) is 28.5. The molecule has 1 N–H and O–H groups in total. The van der Waals surface area contributed by atoms with E-state index in [1.807, 2.05) is 99.1 Å². The number of anilines is 1. The fourth-order valence-electron chi connectivity index (χ4n) is 4.02. The Kier molecular flexibility index (Phi) is 8.64. The lowest BCUT2D eigenvalue weighted by atomic mass is 9.98. The minimum atomic E-state index is -0.618. The molecule has 3 aromatic heterocycles. The highest BCUT2D eigenvalue weighted by atomic mass is 16.5. The lowest BCUT2D eigenvalue weighted by molar-refractivity contribution is -0.156. The fraction of sp³-hybridized carbons (Fsp3) is 0.290. The number of rotatable bonds is 9. The van der Waals surface area contributed by atoms with Crippen molar-refractivity contribution < 1.29 is 19.1 Å². The normalized spacial score (nSPS) is 11.8. The number of nitrogens with zero attached hydrogens (tertiary/aromatic N) is 4. The highest BCUT2D eigenvalue weighted by Crippen LogP contribution is 2.34. The maximum absolute atomic E-state index is 12.5. The molecule has 0 fully saturated rings. The summed E-state index contributed by atoms with van der Waals surface area (Å²) in [6, 6.07) is 13.4. The van der Waals surface area contributed by atoms with Crippen LogP contribution in [-0.4, -0.2) is 59.1 Å². The van der Waals surface area contributed by atoms with Crippen LogP contribution < -0.4 is 10.1 Å². The van der Waals surface area contributed by atoms with E-state index in [0.29, 0.717) is 23.8 Å². The van der Waals surface area contributed by atoms with E-state index in [4.69, 9.17) is 14.5 Å². The topological polar surface area (TPSA) is 98.6 Å². The van der Waals surface area contributed by atoms with E-state index in [2.05, 4.69) is 10.3 Å². The van der Waals surface area contributed by atoms with Gasteiger partial charge in [-0.15, -0.1) is 0 Å². The van der Waals surface area contributed by atoms with Gasteiger partial charge in [0.15, 0.2) is 6.73 Å². The summed E-state index contributed by atoms with van der Waals surface area (Å²) >= 11 is 0. The fourth-order valence-corrected chi connectivity index (χ4v) is 4.02. The first-order chi connectivity index (χ1) is 19.0. The lowest BCUT2D eigenvalue weighted by Gasteiger charge is -2.17. The first-order valence-electron chi connectivity index (χ1n) is 12.9. The number of esters is 1. The van der Waals surface area contributed by atoms with Crippen molar-refractivity contribution in [2.45, 2.75) is 27.5 Å². The second-order valence-corrected chi connectivity index (χ2v) is 10.7. The van der Waals surface area contributed by atoms with Crippen LogP contribution in [0, 0.1) is 5.41 Å². The molecule has 1 aromatic carbocycles. The van der Waals surface area contributed by atoms with E-state index in [9.17, 15) is 9.59 Å². The summed E-state index contributed by atoms with van der Waals surface area (Å²) in [4.78, 5) is 35.8. The maximum Gasteiger partial charge on any atom is 0.312 e. The standard InChI is InChI=1S/C31H35N5O4/c1-31(2,3)30(38)40-20-36-19-26(22-12-13-32-28(17-22)39-6)25-16-23(18-33-29(25)36)21-9-7-10-24(15-21)34-27(37)11-8-14-35(4)5/h7-13,15-19H,14,20H2,1-6H3,(H,34,37)/b11-8+. The Bertz CT molecular complexity index is 1550. The largest absolute Gasteiger partial charge is 0.481 e. The highest BCUT2D eigenvalue weighted by Gasteiger charge is 2.24. The van der Waals surface area contributed by atoms with Crippen molar-refractivity contribution in [1.29, 1.82) is 0 Å². The van der Waals surface area contributed by atoms with Gasteiger partial charge in [-0.1, -0.05) is 18.2 Å². The third kappa shape index (κ3) is 6.92. The molecule has 0 saturated carbocycles. The molecule has 9 heteroatoms. The predicted molar refractivity (Wildman–Crippen MR) is 157 cm³/mol. The van der Waals surface area contributed by atoms with E-state index in [1.54, 1.807) is 19.5 Å². The molecule has 0 aliphatic rings. The van der Waals surface area contributed by atoms with Crippen molar-refractivity contribution in [1.82, 2.24) is 19.4 Å². The van der Waals surface area contributed by atoms with Gasteiger partial charge in [0.2, 0.25) is 11.8 Å². The Hall–Kier alpha value is -4.50. The molecule has 4 rings (SSSR count). The van der Waals surface area contributed by atoms with Crippen LogP contribution in [0.25, 0.3) is 33.3 Å². The molecule has 9 nitrogen and oxygen atoms in total. The van der Waals surface area contributed by atoms with E-state index < -0.39 is 5.41 Å². The van der Waals surface area contributed by atoms with E-state index in [1.165, 1.54) is 6.08 Å². The molecule has 0 aliphatic carbocycles. The van der Waals surface area contributed by atoms with Crippen molar-refractivity contribution in [3.8, 4) is 28.1 Å². The van der Waals surface area contributed by atoms with Crippen molar-refractivity contribution >= 4 is 28.6 Å². The molecule has 0 atom stereocenters. The van der Waals surface area contributed by atoms with Gasteiger partial charge in [0.05, 0.1) is 12.5 Å². The number of aromatic nitrogens is 3. The van der Waals surface area contributed by atoms with Crippen LogP contribution in [0.3, 0.4) is 0 Å². The molecule has 4 aromatic rings. The first-order valence-corrected chi connectivity index (χ1v) is 12.9. The summed E-state index contributed by atoms with van der Waals surface area (Å²) in [5.41, 5.74) is 4.30. The second-order valence-electron chi connectivity index (χ2n) is 10.7. The van der Waals surface area contributed by atoms with E-state index >= 15 is 0 Å². The molecule has 1 amide bonds. The minimum absolute atomic E-state index is 0.0318. The number of carbonyl (C=O) groups excluding carboxylic acids is 2. The SMILES string of the molecule is COc1cc(-c2cn(COC(=O)C(C)(C)C)c3ncc(-c4cccc(NC(=O)/C=C/CN(C)C)c4)cc23)ccn1. The number of likely N-dealkylation sites (N-methyl/N-ethyl adjacent to an activating group) is 1. The minimum Gasteiger partial charge on any atom is -0.481 e. The molecule has 208 valence electrons. The number of ether oxygens (including phenoxy) is 2. The van der Waals surface area contributed by atoms with Gasteiger partial charge in [0.25, 0.3) is 0 Å². The highest BCUT2D eigenvalue weighted by molar-refractivity contribution is 6.00.